The van der Waals surface area contributed by atoms with Crippen molar-refractivity contribution in [3.8, 4) is 95.8 Å². The lowest BCUT2D eigenvalue weighted by Crippen LogP contribution is -2.20. The molecule has 0 aliphatic carbocycles. The van der Waals surface area contributed by atoms with Crippen LogP contribution in [0.3, 0.4) is 0 Å². The van der Waals surface area contributed by atoms with Crippen LogP contribution in [0.2, 0.25) is 5.02 Å². The average Bonchev–Trinajstić information content (AvgIpc) is 1.64. The quantitative estimate of drug-likeness (QED) is 0.0378. The minimum absolute atomic E-state index is 0.0416. The zero-order valence-corrected chi connectivity index (χ0v) is 77.3. The summed E-state index contributed by atoms with van der Waals surface area (Å²) >= 11 is 5.87. The van der Waals surface area contributed by atoms with Crippen LogP contribution in [0.1, 0.15) is 118 Å². The van der Waals surface area contributed by atoms with Gasteiger partial charge in [0.15, 0.2) is 0 Å². The van der Waals surface area contributed by atoms with Crippen LogP contribution in [0.15, 0.2) is 268 Å². The number of nitrogens with zero attached hydrogens (tertiary/aromatic N) is 8. The molecule has 8 aromatic carbocycles. The number of amides is 8. The normalized spacial score (nSPS) is 11.4. The van der Waals surface area contributed by atoms with Crippen molar-refractivity contribution >= 4 is 81.2 Å². The van der Waals surface area contributed by atoms with Gasteiger partial charge in [0.05, 0.1) is 81.0 Å². The molecule has 0 bridgehead atoms. The molecule has 0 aliphatic heterocycles. The number of carbonyl (C=O) groups excluding carboxylic acids is 4. The summed E-state index contributed by atoms with van der Waals surface area (Å²) in [5.74, 6) is 1.47. The highest BCUT2D eigenvalue weighted by Crippen LogP contribution is 2.42. The summed E-state index contributed by atoms with van der Waals surface area (Å²) in [6.45, 7) is 26.6. The van der Waals surface area contributed by atoms with E-state index in [1.165, 1.54) is 30.3 Å². The Balaban J connectivity index is 0.000000153. The van der Waals surface area contributed by atoms with Gasteiger partial charge in [-0.3, -0.25) is 19.9 Å². The molecule has 0 saturated carbocycles. The molecule has 0 fully saturated rings. The maximum Gasteiger partial charge on any atom is 0.416 e. The van der Waals surface area contributed by atoms with Crippen LogP contribution >= 0.6 is 11.6 Å². The predicted molar refractivity (Wildman–Crippen MR) is 521 cm³/mol. The van der Waals surface area contributed by atoms with E-state index < -0.39 is 59.1 Å². The van der Waals surface area contributed by atoms with E-state index in [1.54, 1.807) is 160 Å². The van der Waals surface area contributed by atoms with Crippen molar-refractivity contribution in [3.63, 3.8) is 0 Å². The second-order valence-corrected chi connectivity index (χ2v) is 35.9. The Hall–Kier alpha value is -16.1. The second-order valence-electron chi connectivity index (χ2n) is 35.5. The number of aromatic amines is 4. The summed E-state index contributed by atoms with van der Waals surface area (Å²) in [6.07, 6.45) is 9.06. The van der Waals surface area contributed by atoms with Gasteiger partial charge < -0.3 is 67.2 Å². The second kappa shape index (κ2) is 41.8. The number of ether oxygens (including phenoxy) is 1. The van der Waals surface area contributed by atoms with Gasteiger partial charge in [0.2, 0.25) is 0 Å². The number of aryl methyl sites for hydroxylation is 1. The largest absolute Gasteiger partial charge is 0.497 e. The average molecular weight is 1860 g/mol. The third-order valence-electron chi connectivity index (χ3n) is 20.7. The summed E-state index contributed by atoms with van der Waals surface area (Å²) in [5, 5.41) is 21.2. The SMILES string of the molecule is CC(C)(C)c1nc(-c2ccc(F)c(NC(=O)Nc3ccc(C(F)(F)F)cc3)c2)c(-c2ccncc2)[nH]1.CC(C)(C)c1nc(-c2ccc(F)c(NC(=O)Nc3ccc(Cl)cc3)c2)c(-c2ccncc2)[nH]1.COc1ccc(NC(=O)Nc2cc(-c3nc(C(C)(C)C)[nH]c3-c3ccncc3)ccc2F)cc1.Cc1ccc(NC(=O)Nc2cc(-c3nc(C(C)(C)C)[nH]c3-c3ccncc3)ccc2F)cc1. The summed E-state index contributed by atoms with van der Waals surface area (Å²) in [6, 6.07) is 55.2. The number of anilines is 8. The lowest BCUT2D eigenvalue weighted by molar-refractivity contribution is -0.137. The van der Waals surface area contributed by atoms with Gasteiger partial charge in [-0.25, -0.2) is 56.7 Å². The Morgan fingerprint density at radius 2 is 0.529 bits per heavy atom. The van der Waals surface area contributed by atoms with Gasteiger partial charge in [-0.1, -0.05) is 112 Å². The standard InChI is InChI=1S/C26H23F4N5O.C26H26FN5O2.C26H26FN5O.C25H23ClFN5O/c1-25(2,3)23-34-21(15-10-12-31-13-11-15)22(35-23)16-4-9-19(27)20(14-16)33-24(36)32-18-7-5-17(6-8-18)26(28,29)30;1-26(2,3)24-31-22(16-11-13-28-14-12-16)23(32-24)17-5-10-20(27)21(15-17)30-25(33)29-18-6-8-19(34-4)9-7-18;1-16-5-8-19(9-6-16)29-25(33)30-21-15-18(7-10-20(21)27)23-22(17-11-13-28-14-12-17)31-24(32-23)26(2,3)4;1-25(2,3)23-31-21(15-10-12-28-13-11-15)22(32-23)16-4-9-19(27)20(14-16)30-24(33)29-18-7-5-17(26)6-8-18/h4-14H,1-3H3,(H,34,35)(H2,32,33,36);5-15H,1-4H3,(H,31,32)(H2,29,30,33);5-15H,1-4H3,(H,31,32)(H2,29,30,33);4-14H,1-3H3,(H,31,32)(H2,29,30,33). The lowest BCUT2D eigenvalue weighted by atomic mass is 9.96. The van der Waals surface area contributed by atoms with Gasteiger partial charge in [-0.15, -0.1) is 0 Å². The van der Waals surface area contributed by atoms with Crippen LogP contribution < -0.4 is 47.3 Å². The first-order valence-corrected chi connectivity index (χ1v) is 43.1. The van der Waals surface area contributed by atoms with E-state index in [2.05, 4.69) is 145 Å². The van der Waals surface area contributed by atoms with E-state index in [9.17, 15) is 49.9 Å². The molecule has 8 heterocycles. The zero-order valence-electron chi connectivity index (χ0n) is 76.5. The van der Waals surface area contributed by atoms with Crippen LogP contribution in [0.25, 0.3) is 90.1 Å². The van der Waals surface area contributed by atoms with Crippen LogP contribution in [0, 0.1) is 30.2 Å². The van der Waals surface area contributed by atoms with E-state index in [1.807, 2.05) is 88.4 Å². The molecule has 16 rings (SSSR count). The summed E-state index contributed by atoms with van der Waals surface area (Å²) in [7, 11) is 1.56. The Morgan fingerprint density at radius 1 is 0.301 bits per heavy atom. The van der Waals surface area contributed by atoms with Gasteiger partial charge in [0.1, 0.15) is 52.3 Å². The van der Waals surface area contributed by atoms with Crippen LogP contribution in [-0.2, 0) is 27.8 Å². The molecule has 0 radical (unpaired) electrons. The fraction of sp³-hybridized carbons (Fsp3) is 0.184. The van der Waals surface area contributed by atoms with Crippen molar-refractivity contribution < 1.29 is 54.6 Å². The van der Waals surface area contributed by atoms with E-state index >= 15 is 0 Å². The maximum atomic E-state index is 14.6. The van der Waals surface area contributed by atoms with Crippen molar-refractivity contribution in [1.29, 1.82) is 0 Å². The van der Waals surface area contributed by atoms with Crippen molar-refractivity contribution in [3.05, 3.63) is 331 Å². The number of hydrogen-bond donors (Lipinski definition) is 12. The number of halogens is 8. The molecule has 0 unspecified atom stereocenters. The van der Waals surface area contributed by atoms with Crippen molar-refractivity contribution in [2.24, 2.45) is 0 Å². The third-order valence-corrected chi connectivity index (χ3v) is 21.0. The fourth-order valence-corrected chi connectivity index (χ4v) is 13.6. The van der Waals surface area contributed by atoms with Crippen LogP contribution in [0.5, 0.6) is 5.75 Å². The van der Waals surface area contributed by atoms with Crippen LogP contribution in [-0.4, -0.2) is 91.0 Å². The maximum absolute atomic E-state index is 14.6. The molecule has 8 aromatic heterocycles. The monoisotopic (exact) mass is 1860 g/mol. The number of H-pyrrole nitrogens is 4. The smallest absolute Gasteiger partial charge is 0.416 e. The Labute approximate surface area is 785 Å². The predicted octanol–water partition coefficient (Wildman–Crippen LogP) is 26.9. The Bertz CT molecular complexity index is 6680. The van der Waals surface area contributed by atoms with Crippen molar-refractivity contribution in [2.75, 3.05) is 49.6 Å². The molecule has 8 amide bonds. The number of urea groups is 4. The van der Waals surface area contributed by atoms with E-state index in [0.717, 1.165) is 92.5 Å². The highest BCUT2D eigenvalue weighted by Gasteiger charge is 2.32. The minimum Gasteiger partial charge on any atom is -0.497 e. The van der Waals surface area contributed by atoms with Gasteiger partial charge in [0, 0.05) is 144 Å². The lowest BCUT2D eigenvalue weighted by Gasteiger charge is -2.14. The Kier molecular flexibility index (Phi) is 29.9. The molecule has 33 heteroatoms. The number of rotatable bonds is 17. The molecule has 136 heavy (non-hydrogen) atoms. The summed E-state index contributed by atoms with van der Waals surface area (Å²) < 4.78 is 102. The molecule has 0 spiro atoms. The van der Waals surface area contributed by atoms with Crippen molar-refractivity contribution in [2.45, 2.75) is 118 Å². The van der Waals surface area contributed by atoms with E-state index in [-0.39, 0.29) is 50.1 Å². The topological polar surface area (TPSA) is 340 Å². The molecular formula is C103H98ClF7N20O5. The van der Waals surface area contributed by atoms with Gasteiger partial charge in [-0.2, -0.15) is 13.2 Å². The number of hydrogen-bond acceptors (Lipinski definition) is 13. The first kappa shape index (κ1) is 97.4. The highest BCUT2D eigenvalue weighted by atomic mass is 35.5. The van der Waals surface area contributed by atoms with Gasteiger partial charge in [-0.05, 0) is 213 Å². The number of pyridine rings is 4. The van der Waals surface area contributed by atoms with E-state index in [4.69, 9.17) is 36.3 Å². The number of alkyl halides is 3. The molecule has 12 N–H and O–H groups in total. The summed E-state index contributed by atoms with van der Waals surface area (Å²) in [4.78, 5) is 99.0. The third kappa shape index (κ3) is 25.4. The molecule has 16 aromatic rings. The van der Waals surface area contributed by atoms with Crippen molar-refractivity contribution in [1.82, 2.24) is 59.8 Å². The molecule has 25 nitrogen and oxygen atoms in total. The Morgan fingerprint density at radius 3 is 0.757 bits per heavy atom. The number of methoxy groups -OCH3 is 1. The molecule has 696 valence electrons. The molecule has 0 saturated heterocycles. The van der Waals surface area contributed by atoms with Gasteiger partial charge >= 0.3 is 30.3 Å². The summed E-state index contributed by atoms with van der Waals surface area (Å²) in [5.41, 5.74) is 13.0. The molecule has 0 aliphatic rings. The molecule has 0 atom stereocenters. The highest BCUT2D eigenvalue weighted by molar-refractivity contribution is 6.30. The van der Waals surface area contributed by atoms with E-state index in [0.29, 0.717) is 78.6 Å². The first-order valence-electron chi connectivity index (χ1n) is 42.8. The number of benzene rings is 8. The van der Waals surface area contributed by atoms with Gasteiger partial charge in [0.25, 0.3) is 0 Å². The fourth-order valence-electron chi connectivity index (χ4n) is 13.5. The van der Waals surface area contributed by atoms with Crippen LogP contribution in [0.4, 0.5) is 95.4 Å². The number of imidazole rings is 4. The molecular weight excluding hydrogens is 1770 g/mol. The number of aromatic nitrogens is 12. The number of carbonyl (C=O) groups is 4. The minimum atomic E-state index is -4.49. The first-order chi connectivity index (χ1) is 64.6. The zero-order chi connectivity index (χ0) is 97.6. The number of nitrogens with one attached hydrogen (secondary N) is 12.